The lowest BCUT2D eigenvalue weighted by Gasteiger charge is -2.23. The van der Waals surface area contributed by atoms with Gasteiger partial charge in [-0.1, -0.05) is 0 Å². The van der Waals surface area contributed by atoms with Crippen LogP contribution in [-0.4, -0.2) is 60.1 Å². The number of anilines is 1. The summed E-state index contributed by atoms with van der Waals surface area (Å²) in [5, 5.41) is 12.7. The normalized spacial score (nSPS) is 12.5. The van der Waals surface area contributed by atoms with Crippen molar-refractivity contribution in [3.63, 3.8) is 0 Å². The highest BCUT2D eigenvalue weighted by atomic mass is 16.6. The zero-order valence-electron chi connectivity index (χ0n) is 21.4. The SMILES string of the molecule is CCOc1cc(-c2cc(NCCc3cc4c(cc3OC)OCCO4)ncn2)ccc1OC(C)(C)C(=O)O. The molecule has 1 aromatic heterocycles. The summed E-state index contributed by atoms with van der Waals surface area (Å²) in [6, 6.07) is 10.9. The van der Waals surface area contributed by atoms with E-state index in [9.17, 15) is 9.90 Å². The Hall–Kier alpha value is -4.21. The fourth-order valence-corrected chi connectivity index (χ4v) is 3.77. The van der Waals surface area contributed by atoms with Crippen molar-refractivity contribution in [2.24, 2.45) is 0 Å². The van der Waals surface area contributed by atoms with Gasteiger partial charge in [-0.15, -0.1) is 0 Å². The minimum atomic E-state index is -1.40. The number of carboxylic acids is 1. The first kappa shape index (κ1) is 25.9. The van der Waals surface area contributed by atoms with Gasteiger partial charge in [-0.05, 0) is 57.0 Å². The van der Waals surface area contributed by atoms with Gasteiger partial charge in [-0.25, -0.2) is 14.8 Å². The summed E-state index contributed by atoms with van der Waals surface area (Å²) >= 11 is 0. The number of carbonyl (C=O) groups is 1. The molecular weight excluding hydrogens is 478 g/mol. The van der Waals surface area contributed by atoms with Gasteiger partial charge < -0.3 is 34.1 Å². The molecule has 0 atom stereocenters. The van der Waals surface area contributed by atoms with E-state index in [1.165, 1.54) is 20.2 Å². The van der Waals surface area contributed by atoms with E-state index >= 15 is 0 Å². The molecule has 0 aliphatic carbocycles. The molecule has 10 heteroatoms. The third-order valence-corrected chi connectivity index (χ3v) is 5.73. The van der Waals surface area contributed by atoms with Gasteiger partial charge in [0.2, 0.25) is 0 Å². The van der Waals surface area contributed by atoms with Gasteiger partial charge in [-0.2, -0.15) is 0 Å². The van der Waals surface area contributed by atoms with Gasteiger partial charge >= 0.3 is 5.97 Å². The van der Waals surface area contributed by atoms with Crippen LogP contribution in [0.25, 0.3) is 11.3 Å². The summed E-state index contributed by atoms with van der Waals surface area (Å²) in [6.07, 6.45) is 2.17. The molecule has 37 heavy (non-hydrogen) atoms. The summed E-state index contributed by atoms with van der Waals surface area (Å²) in [4.78, 5) is 20.2. The molecule has 0 radical (unpaired) electrons. The van der Waals surface area contributed by atoms with E-state index in [1.807, 2.05) is 31.2 Å². The van der Waals surface area contributed by atoms with Gasteiger partial charge in [0.1, 0.15) is 31.1 Å². The second-order valence-electron chi connectivity index (χ2n) is 8.79. The molecule has 0 saturated carbocycles. The van der Waals surface area contributed by atoms with E-state index in [0.29, 0.717) is 61.5 Å². The second-order valence-corrected chi connectivity index (χ2v) is 8.79. The maximum atomic E-state index is 11.5. The molecule has 1 aliphatic heterocycles. The van der Waals surface area contributed by atoms with E-state index in [0.717, 1.165) is 22.6 Å². The average Bonchev–Trinajstić information content (AvgIpc) is 2.89. The highest BCUT2D eigenvalue weighted by Crippen LogP contribution is 2.37. The third-order valence-electron chi connectivity index (χ3n) is 5.73. The first-order chi connectivity index (χ1) is 17.8. The fourth-order valence-electron chi connectivity index (χ4n) is 3.77. The largest absolute Gasteiger partial charge is 0.496 e. The molecule has 0 fully saturated rings. The van der Waals surface area contributed by atoms with Crippen molar-refractivity contribution in [3.05, 3.63) is 48.3 Å². The molecule has 2 N–H and O–H groups in total. The molecule has 4 rings (SSSR count). The number of rotatable bonds is 11. The van der Waals surface area contributed by atoms with Gasteiger partial charge in [0.25, 0.3) is 0 Å². The zero-order chi connectivity index (χ0) is 26.4. The van der Waals surface area contributed by atoms with Crippen LogP contribution in [-0.2, 0) is 11.2 Å². The summed E-state index contributed by atoms with van der Waals surface area (Å²) in [5.41, 5.74) is 1.05. The number of fused-ring (bicyclic) bond motifs is 1. The lowest BCUT2D eigenvalue weighted by Crippen LogP contribution is -2.38. The number of carboxylic acid groups (broad SMARTS) is 1. The number of nitrogens with zero attached hydrogens (tertiary/aromatic N) is 2. The van der Waals surface area contributed by atoms with Crippen LogP contribution >= 0.6 is 0 Å². The highest BCUT2D eigenvalue weighted by Gasteiger charge is 2.30. The minimum Gasteiger partial charge on any atom is -0.496 e. The summed E-state index contributed by atoms with van der Waals surface area (Å²) in [5.74, 6) is 2.52. The standard InChI is InChI=1S/C27H31N3O7/c1-5-34-22-12-17(6-7-20(22)37-27(2,3)26(31)32)19-14-25(30-16-29-19)28-9-8-18-13-23-24(15-21(18)33-4)36-11-10-35-23/h6-7,12-16H,5,8-11H2,1-4H3,(H,31,32)(H,28,29,30). The highest BCUT2D eigenvalue weighted by molar-refractivity contribution is 5.77. The van der Waals surface area contributed by atoms with Crippen molar-refractivity contribution in [1.82, 2.24) is 9.97 Å². The van der Waals surface area contributed by atoms with Crippen LogP contribution in [0, 0.1) is 0 Å². The van der Waals surface area contributed by atoms with E-state index in [2.05, 4.69) is 15.3 Å². The van der Waals surface area contributed by atoms with E-state index in [4.69, 9.17) is 23.7 Å². The lowest BCUT2D eigenvalue weighted by molar-refractivity contribution is -0.152. The Morgan fingerprint density at radius 2 is 1.81 bits per heavy atom. The van der Waals surface area contributed by atoms with Gasteiger partial charge in [0, 0.05) is 24.2 Å². The first-order valence-corrected chi connectivity index (χ1v) is 12.0. The number of benzene rings is 2. The van der Waals surface area contributed by atoms with Crippen LogP contribution in [0.4, 0.5) is 5.82 Å². The Morgan fingerprint density at radius 1 is 1.05 bits per heavy atom. The van der Waals surface area contributed by atoms with Crippen LogP contribution < -0.4 is 29.0 Å². The van der Waals surface area contributed by atoms with Crippen LogP contribution in [0.15, 0.2) is 42.7 Å². The molecule has 0 spiro atoms. The molecule has 0 bridgehead atoms. The van der Waals surface area contributed by atoms with Crippen molar-refractivity contribution < 1.29 is 33.6 Å². The van der Waals surface area contributed by atoms with Gasteiger partial charge in [0.05, 0.1) is 19.4 Å². The maximum absolute atomic E-state index is 11.5. The minimum absolute atomic E-state index is 0.346. The van der Waals surface area contributed by atoms with Crippen LogP contribution in [0.3, 0.4) is 0 Å². The Balaban J connectivity index is 1.48. The van der Waals surface area contributed by atoms with Crippen LogP contribution in [0.5, 0.6) is 28.7 Å². The summed E-state index contributed by atoms with van der Waals surface area (Å²) in [6.45, 7) is 6.87. The number of aliphatic carboxylic acids is 1. The monoisotopic (exact) mass is 509 g/mol. The second kappa shape index (κ2) is 11.2. The zero-order valence-corrected chi connectivity index (χ0v) is 21.4. The quantitative estimate of drug-likeness (QED) is 0.389. The van der Waals surface area contributed by atoms with Crippen molar-refractivity contribution in [2.75, 3.05) is 38.8 Å². The molecule has 1 aliphatic rings. The Bertz CT molecular complexity index is 1260. The summed E-state index contributed by atoms with van der Waals surface area (Å²) in [7, 11) is 1.63. The fraction of sp³-hybridized carbons (Fsp3) is 0.370. The van der Waals surface area contributed by atoms with Gasteiger partial charge in [0.15, 0.2) is 28.6 Å². The molecule has 3 aromatic rings. The molecular formula is C27H31N3O7. The lowest BCUT2D eigenvalue weighted by atomic mass is 10.1. The van der Waals surface area contributed by atoms with Crippen molar-refractivity contribution >= 4 is 11.8 Å². The van der Waals surface area contributed by atoms with E-state index in [-0.39, 0.29) is 0 Å². The third kappa shape index (κ3) is 6.14. The number of nitrogens with one attached hydrogen (secondary N) is 1. The number of methoxy groups -OCH3 is 1. The Labute approximate surface area is 215 Å². The molecule has 2 heterocycles. The van der Waals surface area contributed by atoms with Crippen molar-refractivity contribution in [3.8, 4) is 40.0 Å². The molecule has 10 nitrogen and oxygen atoms in total. The van der Waals surface area contributed by atoms with Crippen LogP contribution in [0.2, 0.25) is 0 Å². The Morgan fingerprint density at radius 3 is 2.51 bits per heavy atom. The predicted octanol–water partition coefficient (Wildman–Crippen LogP) is 4.22. The smallest absolute Gasteiger partial charge is 0.347 e. The Kier molecular flexibility index (Phi) is 7.86. The maximum Gasteiger partial charge on any atom is 0.347 e. The predicted molar refractivity (Wildman–Crippen MR) is 137 cm³/mol. The molecule has 196 valence electrons. The van der Waals surface area contributed by atoms with Crippen LogP contribution in [0.1, 0.15) is 26.3 Å². The topological polar surface area (TPSA) is 121 Å². The molecule has 2 aromatic carbocycles. The summed E-state index contributed by atoms with van der Waals surface area (Å²) < 4.78 is 28.3. The number of ether oxygens (including phenoxy) is 5. The number of hydrogen-bond donors (Lipinski definition) is 2. The van der Waals surface area contributed by atoms with Gasteiger partial charge in [-0.3, -0.25) is 0 Å². The van der Waals surface area contributed by atoms with E-state index < -0.39 is 11.6 Å². The molecule has 0 unspecified atom stereocenters. The van der Waals surface area contributed by atoms with Crippen molar-refractivity contribution in [1.29, 1.82) is 0 Å². The van der Waals surface area contributed by atoms with E-state index in [1.54, 1.807) is 19.2 Å². The average molecular weight is 510 g/mol. The first-order valence-electron chi connectivity index (χ1n) is 12.0. The van der Waals surface area contributed by atoms with Crippen molar-refractivity contribution in [2.45, 2.75) is 32.8 Å². The molecule has 0 saturated heterocycles. The number of hydrogen-bond acceptors (Lipinski definition) is 9. The molecule has 0 amide bonds. The number of aromatic nitrogens is 2.